The van der Waals surface area contributed by atoms with Gasteiger partial charge in [-0.1, -0.05) is 12.8 Å². The number of hydrogen-bond acceptors (Lipinski definition) is 4. The molecule has 3 N–H and O–H groups in total. The molecular weight excluding hydrogens is 164 g/mol. The van der Waals surface area contributed by atoms with E-state index < -0.39 is 0 Å². The molecule has 1 aromatic rings. The molecular formula is C9H14N4. The molecule has 0 amide bonds. The number of nitrogens with one attached hydrogen (secondary N) is 1. The van der Waals surface area contributed by atoms with Crippen LogP contribution in [0.5, 0.6) is 0 Å². The molecule has 4 heteroatoms. The molecule has 0 aromatic carbocycles. The minimum Gasteiger partial charge on any atom is -0.271 e. The van der Waals surface area contributed by atoms with Crippen molar-refractivity contribution in [3.05, 3.63) is 24.3 Å². The Balaban J connectivity index is 2.02. The Kier molecular flexibility index (Phi) is 2.52. The standard InChI is InChI=1S/C9H14N4/c10-13-8(5-7-1-2-7)9-6-11-3-4-12-9/h3-4,6-8,13H,1-2,5,10H2. The van der Waals surface area contributed by atoms with Gasteiger partial charge in [-0.15, -0.1) is 0 Å². The lowest BCUT2D eigenvalue weighted by Crippen LogP contribution is -2.29. The maximum absolute atomic E-state index is 5.46. The van der Waals surface area contributed by atoms with Crippen LogP contribution >= 0.6 is 0 Å². The van der Waals surface area contributed by atoms with Crippen LogP contribution in [0.4, 0.5) is 0 Å². The van der Waals surface area contributed by atoms with Crippen molar-refractivity contribution >= 4 is 0 Å². The SMILES string of the molecule is NNC(CC1CC1)c1cnccn1. The third-order valence-corrected chi connectivity index (χ3v) is 2.41. The molecule has 0 aliphatic heterocycles. The van der Waals surface area contributed by atoms with Gasteiger partial charge in [-0.3, -0.25) is 21.2 Å². The molecule has 0 saturated heterocycles. The average Bonchev–Trinajstić information content (AvgIpc) is 2.99. The topological polar surface area (TPSA) is 63.8 Å². The van der Waals surface area contributed by atoms with Gasteiger partial charge in [-0.2, -0.15) is 0 Å². The lowest BCUT2D eigenvalue weighted by atomic mass is 10.1. The normalized spacial score (nSPS) is 18.5. The maximum atomic E-state index is 5.46. The van der Waals surface area contributed by atoms with Crippen LogP contribution in [0, 0.1) is 5.92 Å². The van der Waals surface area contributed by atoms with Crippen molar-refractivity contribution in [3.63, 3.8) is 0 Å². The van der Waals surface area contributed by atoms with E-state index in [1.807, 2.05) is 0 Å². The number of hydrogen-bond donors (Lipinski definition) is 2. The van der Waals surface area contributed by atoms with Gasteiger partial charge in [-0.25, -0.2) is 0 Å². The van der Waals surface area contributed by atoms with E-state index in [1.165, 1.54) is 12.8 Å². The number of aromatic nitrogens is 2. The van der Waals surface area contributed by atoms with Crippen LogP contribution < -0.4 is 11.3 Å². The van der Waals surface area contributed by atoms with Gasteiger partial charge in [-0.05, 0) is 12.3 Å². The predicted molar refractivity (Wildman–Crippen MR) is 49.4 cm³/mol. The molecule has 70 valence electrons. The Hall–Kier alpha value is -1.00. The monoisotopic (exact) mass is 178 g/mol. The summed E-state index contributed by atoms with van der Waals surface area (Å²) >= 11 is 0. The summed E-state index contributed by atoms with van der Waals surface area (Å²) in [5.41, 5.74) is 3.73. The largest absolute Gasteiger partial charge is 0.271 e. The molecule has 1 aromatic heterocycles. The summed E-state index contributed by atoms with van der Waals surface area (Å²) in [7, 11) is 0. The molecule has 1 aliphatic carbocycles. The van der Waals surface area contributed by atoms with Gasteiger partial charge in [0.25, 0.3) is 0 Å². The van der Waals surface area contributed by atoms with Crippen LogP contribution in [0.3, 0.4) is 0 Å². The fraction of sp³-hybridized carbons (Fsp3) is 0.556. The second kappa shape index (κ2) is 3.81. The van der Waals surface area contributed by atoms with Crippen LogP contribution in [0.2, 0.25) is 0 Å². The molecule has 0 bridgehead atoms. The molecule has 2 rings (SSSR count). The van der Waals surface area contributed by atoms with Crippen molar-refractivity contribution < 1.29 is 0 Å². The second-order valence-corrected chi connectivity index (χ2v) is 3.53. The summed E-state index contributed by atoms with van der Waals surface area (Å²) in [6, 6.07) is 0.168. The van der Waals surface area contributed by atoms with Gasteiger partial charge in [0.2, 0.25) is 0 Å². The summed E-state index contributed by atoms with van der Waals surface area (Å²) < 4.78 is 0. The lowest BCUT2D eigenvalue weighted by Gasteiger charge is -2.13. The van der Waals surface area contributed by atoms with Crippen molar-refractivity contribution in [3.8, 4) is 0 Å². The van der Waals surface area contributed by atoms with E-state index in [1.54, 1.807) is 18.6 Å². The summed E-state index contributed by atoms with van der Waals surface area (Å²) in [6.07, 6.45) is 8.89. The van der Waals surface area contributed by atoms with Crippen molar-refractivity contribution in [2.24, 2.45) is 11.8 Å². The zero-order chi connectivity index (χ0) is 9.10. The molecule has 1 atom stereocenters. The number of nitrogens with zero attached hydrogens (tertiary/aromatic N) is 2. The highest BCUT2D eigenvalue weighted by Gasteiger charge is 2.26. The molecule has 1 aliphatic rings. The quantitative estimate of drug-likeness (QED) is 0.528. The van der Waals surface area contributed by atoms with Crippen molar-refractivity contribution in [1.82, 2.24) is 15.4 Å². The number of rotatable bonds is 4. The van der Waals surface area contributed by atoms with Crippen LogP contribution in [-0.2, 0) is 0 Å². The number of hydrazine groups is 1. The van der Waals surface area contributed by atoms with E-state index in [0.29, 0.717) is 0 Å². The summed E-state index contributed by atoms with van der Waals surface area (Å²) in [5.74, 6) is 6.30. The Morgan fingerprint density at radius 2 is 2.38 bits per heavy atom. The summed E-state index contributed by atoms with van der Waals surface area (Å²) in [6.45, 7) is 0. The Bertz CT molecular complexity index is 258. The Morgan fingerprint density at radius 1 is 1.54 bits per heavy atom. The van der Waals surface area contributed by atoms with E-state index >= 15 is 0 Å². The minimum absolute atomic E-state index is 0.168. The highest BCUT2D eigenvalue weighted by atomic mass is 15.2. The molecule has 1 unspecified atom stereocenters. The molecule has 0 radical (unpaired) electrons. The first-order valence-corrected chi connectivity index (χ1v) is 4.62. The van der Waals surface area contributed by atoms with E-state index in [-0.39, 0.29) is 6.04 Å². The molecule has 1 saturated carbocycles. The molecule has 4 nitrogen and oxygen atoms in total. The molecule has 1 fully saturated rings. The van der Waals surface area contributed by atoms with E-state index in [4.69, 9.17) is 5.84 Å². The van der Waals surface area contributed by atoms with E-state index in [2.05, 4.69) is 15.4 Å². The fourth-order valence-corrected chi connectivity index (χ4v) is 1.45. The third-order valence-electron chi connectivity index (χ3n) is 2.41. The van der Waals surface area contributed by atoms with Crippen molar-refractivity contribution in [2.45, 2.75) is 25.3 Å². The van der Waals surface area contributed by atoms with Gasteiger partial charge in [0.05, 0.1) is 17.9 Å². The first-order chi connectivity index (χ1) is 6.40. The van der Waals surface area contributed by atoms with Crippen LogP contribution in [0.1, 0.15) is 31.0 Å². The zero-order valence-electron chi connectivity index (χ0n) is 7.48. The van der Waals surface area contributed by atoms with Crippen LogP contribution in [0.15, 0.2) is 18.6 Å². The Labute approximate surface area is 77.5 Å². The zero-order valence-corrected chi connectivity index (χ0v) is 7.48. The smallest absolute Gasteiger partial charge is 0.0769 e. The first kappa shape index (κ1) is 8.59. The van der Waals surface area contributed by atoms with Gasteiger partial charge in [0.1, 0.15) is 0 Å². The van der Waals surface area contributed by atoms with Crippen LogP contribution in [0.25, 0.3) is 0 Å². The summed E-state index contributed by atoms with van der Waals surface area (Å²) in [5, 5.41) is 0. The van der Waals surface area contributed by atoms with Gasteiger partial charge >= 0.3 is 0 Å². The molecule has 1 heterocycles. The van der Waals surface area contributed by atoms with E-state index in [0.717, 1.165) is 18.0 Å². The predicted octanol–water partition coefficient (Wildman–Crippen LogP) is 0.781. The van der Waals surface area contributed by atoms with Gasteiger partial charge in [0, 0.05) is 12.4 Å². The van der Waals surface area contributed by atoms with Gasteiger partial charge in [0.15, 0.2) is 0 Å². The van der Waals surface area contributed by atoms with E-state index in [9.17, 15) is 0 Å². The van der Waals surface area contributed by atoms with Crippen molar-refractivity contribution in [1.29, 1.82) is 0 Å². The maximum Gasteiger partial charge on any atom is 0.0769 e. The van der Waals surface area contributed by atoms with Gasteiger partial charge < -0.3 is 0 Å². The Morgan fingerprint density at radius 3 is 2.92 bits per heavy atom. The first-order valence-electron chi connectivity index (χ1n) is 4.62. The van der Waals surface area contributed by atoms with Crippen LogP contribution in [-0.4, -0.2) is 9.97 Å². The fourth-order valence-electron chi connectivity index (χ4n) is 1.45. The molecule has 13 heavy (non-hydrogen) atoms. The number of nitrogens with two attached hydrogens (primary N) is 1. The molecule has 0 spiro atoms. The van der Waals surface area contributed by atoms with Crippen molar-refractivity contribution in [2.75, 3.05) is 0 Å². The highest BCUT2D eigenvalue weighted by Crippen LogP contribution is 2.36. The summed E-state index contributed by atoms with van der Waals surface area (Å²) in [4.78, 5) is 8.25. The lowest BCUT2D eigenvalue weighted by molar-refractivity contribution is 0.475. The highest BCUT2D eigenvalue weighted by molar-refractivity contribution is 5.02. The second-order valence-electron chi connectivity index (χ2n) is 3.53. The minimum atomic E-state index is 0.168. The average molecular weight is 178 g/mol. The third kappa shape index (κ3) is 2.23.